The first-order valence-corrected chi connectivity index (χ1v) is 9.10. The van der Waals surface area contributed by atoms with E-state index < -0.39 is 0 Å². The van der Waals surface area contributed by atoms with E-state index in [-0.39, 0.29) is 5.91 Å². The van der Waals surface area contributed by atoms with Gasteiger partial charge in [0.1, 0.15) is 0 Å². The SMILES string of the molecule is CC(CCBr)CNC(=O)c1cc2c(s1)CCCCC2. The maximum absolute atomic E-state index is 12.1. The quantitative estimate of drug-likeness (QED) is 0.630. The zero-order valence-corrected chi connectivity index (χ0v) is 13.9. The molecule has 2 rings (SSSR count). The minimum Gasteiger partial charge on any atom is -0.351 e. The van der Waals surface area contributed by atoms with Gasteiger partial charge in [-0.05, 0) is 49.7 Å². The molecule has 0 aromatic carbocycles. The van der Waals surface area contributed by atoms with E-state index in [9.17, 15) is 4.79 Å². The third kappa shape index (κ3) is 4.32. The van der Waals surface area contributed by atoms with E-state index >= 15 is 0 Å². The fraction of sp³-hybridized carbons (Fsp3) is 0.667. The number of hydrogen-bond acceptors (Lipinski definition) is 2. The third-order valence-corrected chi connectivity index (χ3v) is 5.38. The molecular formula is C15H22BrNOS. The Bertz CT molecular complexity index is 406. The average Bonchev–Trinajstić information content (AvgIpc) is 2.68. The molecule has 0 bridgehead atoms. The number of fused-ring (bicyclic) bond motifs is 1. The molecule has 19 heavy (non-hydrogen) atoms. The van der Waals surface area contributed by atoms with Crippen LogP contribution in [0.1, 0.15) is 52.7 Å². The summed E-state index contributed by atoms with van der Waals surface area (Å²) in [4.78, 5) is 14.5. The van der Waals surface area contributed by atoms with Gasteiger partial charge in [-0.15, -0.1) is 11.3 Å². The van der Waals surface area contributed by atoms with Gasteiger partial charge in [-0.1, -0.05) is 29.3 Å². The van der Waals surface area contributed by atoms with Gasteiger partial charge in [0.2, 0.25) is 0 Å². The minimum absolute atomic E-state index is 0.111. The highest BCUT2D eigenvalue weighted by Crippen LogP contribution is 2.28. The van der Waals surface area contributed by atoms with Gasteiger partial charge in [0.25, 0.3) is 5.91 Å². The van der Waals surface area contributed by atoms with E-state index in [1.165, 1.54) is 29.7 Å². The van der Waals surface area contributed by atoms with Crippen molar-refractivity contribution in [3.8, 4) is 0 Å². The Morgan fingerprint density at radius 3 is 3.00 bits per heavy atom. The van der Waals surface area contributed by atoms with Crippen molar-refractivity contribution in [2.24, 2.45) is 5.92 Å². The third-order valence-electron chi connectivity index (χ3n) is 3.68. The number of aryl methyl sites for hydroxylation is 2. The number of hydrogen-bond donors (Lipinski definition) is 1. The predicted octanol–water partition coefficient (Wildman–Crippen LogP) is 4.17. The Labute approximate surface area is 128 Å². The molecule has 4 heteroatoms. The number of carbonyl (C=O) groups is 1. The molecule has 1 aromatic heterocycles. The second-order valence-electron chi connectivity index (χ2n) is 5.41. The van der Waals surface area contributed by atoms with Gasteiger partial charge in [0.15, 0.2) is 0 Å². The standard InChI is InChI=1S/C15H22BrNOS/c1-11(7-8-16)10-17-15(18)14-9-12-5-3-2-4-6-13(12)19-14/h9,11H,2-8,10H2,1H3,(H,17,18). The molecule has 1 amide bonds. The fourth-order valence-electron chi connectivity index (χ4n) is 2.42. The predicted molar refractivity (Wildman–Crippen MR) is 85.5 cm³/mol. The second-order valence-corrected chi connectivity index (χ2v) is 7.34. The maximum Gasteiger partial charge on any atom is 0.261 e. The number of alkyl halides is 1. The van der Waals surface area contributed by atoms with Crippen LogP contribution < -0.4 is 5.32 Å². The van der Waals surface area contributed by atoms with Gasteiger partial charge in [-0.3, -0.25) is 4.79 Å². The Hall–Kier alpha value is -0.350. The van der Waals surface area contributed by atoms with Crippen LogP contribution in [-0.4, -0.2) is 17.8 Å². The molecule has 1 aliphatic rings. The lowest BCUT2D eigenvalue weighted by molar-refractivity contribution is 0.0952. The number of thiophene rings is 1. The van der Waals surface area contributed by atoms with Crippen LogP contribution in [0.2, 0.25) is 0 Å². The van der Waals surface area contributed by atoms with Crippen molar-refractivity contribution in [1.82, 2.24) is 5.32 Å². The summed E-state index contributed by atoms with van der Waals surface area (Å²) in [5.74, 6) is 0.639. The summed E-state index contributed by atoms with van der Waals surface area (Å²) >= 11 is 5.14. The lowest BCUT2D eigenvalue weighted by atomic mass is 10.1. The Balaban J connectivity index is 1.92. The van der Waals surface area contributed by atoms with Crippen molar-refractivity contribution in [2.45, 2.75) is 45.4 Å². The van der Waals surface area contributed by atoms with Gasteiger partial charge in [0, 0.05) is 16.8 Å². The first-order chi connectivity index (χ1) is 9.20. The summed E-state index contributed by atoms with van der Waals surface area (Å²) in [7, 11) is 0. The first-order valence-electron chi connectivity index (χ1n) is 7.16. The molecule has 1 unspecified atom stereocenters. The van der Waals surface area contributed by atoms with Crippen molar-refractivity contribution >= 4 is 33.2 Å². The van der Waals surface area contributed by atoms with E-state index in [1.807, 2.05) is 0 Å². The molecule has 0 spiro atoms. The smallest absolute Gasteiger partial charge is 0.261 e. The summed E-state index contributed by atoms with van der Waals surface area (Å²) in [6.45, 7) is 2.94. The molecule has 0 aliphatic heterocycles. The van der Waals surface area contributed by atoms with Crippen LogP contribution >= 0.6 is 27.3 Å². The van der Waals surface area contributed by atoms with Crippen molar-refractivity contribution in [2.75, 3.05) is 11.9 Å². The van der Waals surface area contributed by atoms with Gasteiger partial charge >= 0.3 is 0 Å². The van der Waals surface area contributed by atoms with Crippen molar-refractivity contribution in [3.63, 3.8) is 0 Å². The fourth-order valence-corrected chi connectivity index (χ4v) is 4.37. The number of rotatable bonds is 5. The van der Waals surface area contributed by atoms with E-state index in [4.69, 9.17) is 0 Å². The van der Waals surface area contributed by atoms with Crippen molar-refractivity contribution in [3.05, 3.63) is 21.4 Å². The molecule has 106 valence electrons. The molecule has 2 nitrogen and oxygen atoms in total. The molecule has 1 aromatic rings. The van der Waals surface area contributed by atoms with E-state index in [1.54, 1.807) is 11.3 Å². The van der Waals surface area contributed by atoms with Gasteiger partial charge < -0.3 is 5.32 Å². The van der Waals surface area contributed by atoms with E-state index in [2.05, 4.69) is 34.2 Å². The van der Waals surface area contributed by atoms with Crippen LogP contribution in [0.4, 0.5) is 0 Å². The van der Waals surface area contributed by atoms with Gasteiger partial charge in [0.05, 0.1) is 4.88 Å². The van der Waals surface area contributed by atoms with Crippen LogP contribution in [0, 0.1) is 5.92 Å². The highest BCUT2D eigenvalue weighted by atomic mass is 79.9. The number of halogens is 1. The summed E-state index contributed by atoms with van der Waals surface area (Å²) in [6.07, 6.45) is 7.28. The van der Waals surface area contributed by atoms with Crippen molar-refractivity contribution < 1.29 is 4.79 Å². The summed E-state index contributed by atoms with van der Waals surface area (Å²) < 4.78 is 0. The van der Waals surface area contributed by atoms with Crippen LogP contribution in [0.25, 0.3) is 0 Å². The summed E-state index contributed by atoms with van der Waals surface area (Å²) in [6, 6.07) is 2.12. The van der Waals surface area contributed by atoms with E-state index in [0.717, 1.165) is 36.0 Å². The Morgan fingerprint density at radius 1 is 1.42 bits per heavy atom. The number of carbonyl (C=O) groups excluding carboxylic acids is 1. The second kappa shape index (κ2) is 7.44. The summed E-state index contributed by atoms with van der Waals surface area (Å²) in [5, 5.41) is 4.06. The Kier molecular flexibility index (Phi) is 5.89. The molecule has 0 fully saturated rings. The van der Waals surface area contributed by atoms with E-state index in [0.29, 0.717) is 5.92 Å². The highest BCUT2D eigenvalue weighted by Gasteiger charge is 2.16. The lowest BCUT2D eigenvalue weighted by Crippen LogP contribution is -2.27. The molecule has 1 aliphatic carbocycles. The summed E-state index contributed by atoms with van der Waals surface area (Å²) in [5.41, 5.74) is 1.42. The molecule has 0 saturated carbocycles. The van der Waals surface area contributed by atoms with Gasteiger partial charge in [-0.2, -0.15) is 0 Å². The van der Waals surface area contributed by atoms with Crippen molar-refractivity contribution in [1.29, 1.82) is 0 Å². The highest BCUT2D eigenvalue weighted by molar-refractivity contribution is 9.09. The molecule has 1 N–H and O–H groups in total. The van der Waals surface area contributed by atoms with Crippen LogP contribution in [0.3, 0.4) is 0 Å². The number of amides is 1. The average molecular weight is 344 g/mol. The first kappa shape index (κ1) is 15.0. The van der Waals surface area contributed by atoms with Crippen LogP contribution in [0.15, 0.2) is 6.07 Å². The van der Waals surface area contributed by atoms with Crippen LogP contribution in [-0.2, 0) is 12.8 Å². The monoisotopic (exact) mass is 343 g/mol. The van der Waals surface area contributed by atoms with Gasteiger partial charge in [-0.25, -0.2) is 0 Å². The van der Waals surface area contributed by atoms with Crippen LogP contribution in [0.5, 0.6) is 0 Å². The minimum atomic E-state index is 0.111. The Morgan fingerprint density at radius 2 is 2.21 bits per heavy atom. The molecule has 0 saturated heterocycles. The topological polar surface area (TPSA) is 29.1 Å². The molecular weight excluding hydrogens is 322 g/mol. The normalized spacial score (nSPS) is 16.5. The lowest BCUT2D eigenvalue weighted by Gasteiger charge is -2.10. The number of nitrogens with one attached hydrogen (secondary N) is 1. The maximum atomic E-state index is 12.1. The molecule has 1 heterocycles. The zero-order chi connectivity index (χ0) is 13.7. The molecule has 1 atom stereocenters. The largest absolute Gasteiger partial charge is 0.351 e. The zero-order valence-electron chi connectivity index (χ0n) is 11.5. The molecule has 0 radical (unpaired) electrons.